The lowest BCUT2D eigenvalue weighted by atomic mass is 10.2. The molecule has 6 heteroatoms. The zero-order chi connectivity index (χ0) is 16.1. The number of amides is 1. The van der Waals surface area contributed by atoms with Crippen molar-refractivity contribution in [3.05, 3.63) is 53.6 Å². The molecule has 0 aromatic heterocycles. The topological polar surface area (TPSA) is 56.8 Å². The van der Waals surface area contributed by atoms with Gasteiger partial charge in [-0.25, -0.2) is 0 Å². The van der Waals surface area contributed by atoms with Crippen LogP contribution in [0.15, 0.2) is 48.5 Å². The number of rotatable bonds is 5. The fourth-order valence-corrected chi connectivity index (χ4v) is 2.34. The number of nitrogens with one attached hydrogen (secondary N) is 1. The van der Waals surface area contributed by atoms with Crippen molar-refractivity contribution in [1.82, 2.24) is 5.32 Å². The molecular weight excluding hydrogens is 318 g/mol. The van der Waals surface area contributed by atoms with Crippen LogP contribution >= 0.6 is 11.6 Å². The maximum absolute atomic E-state index is 11.8. The predicted molar refractivity (Wildman–Crippen MR) is 86.3 cm³/mol. The molecule has 0 unspecified atom stereocenters. The van der Waals surface area contributed by atoms with Gasteiger partial charge in [-0.2, -0.15) is 0 Å². The molecule has 1 aliphatic rings. The van der Waals surface area contributed by atoms with Crippen LogP contribution in [0.25, 0.3) is 0 Å². The first kappa shape index (κ1) is 15.5. The molecule has 1 N–H and O–H groups in total. The fraction of sp³-hybridized carbons (Fsp3) is 0.235. The van der Waals surface area contributed by atoms with Crippen molar-refractivity contribution in [2.45, 2.75) is 6.10 Å². The van der Waals surface area contributed by atoms with Crippen LogP contribution in [-0.4, -0.2) is 31.8 Å². The van der Waals surface area contributed by atoms with Crippen LogP contribution in [0.5, 0.6) is 17.2 Å². The first-order chi connectivity index (χ1) is 11.2. The Morgan fingerprint density at radius 3 is 2.74 bits per heavy atom. The lowest BCUT2D eigenvalue weighted by molar-refractivity contribution is -0.123. The second-order valence-corrected chi connectivity index (χ2v) is 5.43. The zero-order valence-electron chi connectivity index (χ0n) is 12.3. The van der Waals surface area contributed by atoms with Crippen LogP contribution in [-0.2, 0) is 4.79 Å². The van der Waals surface area contributed by atoms with E-state index in [2.05, 4.69) is 5.32 Å². The quantitative estimate of drug-likeness (QED) is 0.914. The van der Waals surface area contributed by atoms with E-state index in [4.69, 9.17) is 25.8 Å². The molecule has 2 aromatic carbocycles. The van der Waals surface area contributed by atoms with E-state index in [0.29, 0.717) is 29.7 Å². The Hall–Kier alpha value is -2.40. The van der Waals surface area contributed by atoms with Crippen LogP contribution in [0.2, 0.25) is 5.02 Å². The monoisotopic (exact) mass is 333 g/mol. The molecule has 3 rings (SSSR count). The zero-order valence-corrected chi connectivity index (χ0v) is 13.1. The summed E-state index contributed by atoms with van der Waals surface area (Å²) in [6.07, 6.45) is -0.228. The van der Waals surface area contributed by atoms with Crippen molar-refractivity contribution in [2.75, 3.05) is 19.8 Å². The number of hydrogen-bond acceptors (Lipinski definition) is 4. The molecule has 0 spiro atoms. The van der Waals surface area contributed by atoms with Crippen LogP contribution in [0.1, 0.15) is 0 Å². The van der Waals surface area contributed by atoms with Gasteiger partial charge in [-0.05, 0) is 24.3 Å². The van der Waals surface area contributed by atoms with Gasteiger partial charge in [-0.1, -0.05) is 35.9 Å². The van der Waals surface area contributed by atoms with Gasteiger partial charge in [0.05, 0.1) is 11.6 Å². The summed E-state index contributed by atoms with van der Waals surface area (Å²) in [6.45, 7) is 0.635. The average Bonchev–Trinajstić information content (AvgIpc) is 2.59. The van der Waals surface area contributed by atoms with Gasteiger partial charge in [0.25, 0.3) is 5.91 Å². The van der Waals surface area contributed by atoms with Gasteiger partial charge < -0.3 is 19.5 Å². The standard InChI is InChI=1S/C17H16ClNO4/c18-13-5-1-2-6-14(13)22-11-17(20)19-9-12-10-21-15-7-3-4-8-16(15)23-12/h1-8,12H,9-11H2,(H,19,20)/t12-/m1/s1. The predicted octanol–water partition coefficient (Wildman–Crippen LogP) is 2.68. The van der Waals surface area contributed by atoms with Crippen molar-refractivity contribution in [2.24, 2.45) is 0 Å². The summed E-state index contributed by atoms with van der Waals surface area (Å²) in [7, 11) is 0. The number of hydrogen-bond donors (Lipinski definition) is 1. The summed E-state index contributed by atoms with van der Waals surface area (Å²) >= 11 is 5.96. The highest BCUT2D eigenvalue weighted by atomic mass is 35.5. The summed E-state index contributed by atoms with van der Waals surface area (Å²) in [5, 5.41) is 3.23. The van der Waals surface area contributed by atoms with Gasteiger partial charge in [-0.3, -0.25) is 4.79 Å². The molecule has 1 aliphatic heterocycles. The third kappa shape index (κ3) is 4.07. The van der Waals surface area contributed by atoms with E-state index in [1.807, 2.05) is 24.3 Å². The first-order valence-electron chi connectivity index (χ1n) is 7.25. The van der Waals surface area contributed by atoms with Crippen molar-refractivity contribution in [1.29, 1.82) is 0 Å². The van der Waals surface area contributed by atoms with Crippen molar-refractivity contribution in [3.8, 4) is 17.2 Å². The Bertz CT molecular complexity index is 692. The van der Waals surface area contributed by atoms with E-state index in [1.54, 1.807) is 24.3 Å². The smallest absolute Gasteiger partial charge is 0.258 e. The first-order valence-corrected chi connectivity index (χ1v) is 7.62. The normalized spacial score (nSPS) is 15.8. The number of carbonyl (C=O) groups is 1. The molecule has 0 bridgehead atoms. The number of fused-ring (bicyclic) bond motifs is 1. The summed E-state index contributed by atoms with van der Waals surface area (Å²) in [6, 6.07) is 14.5. The number of ether oxygens (including phenoxy) is 3. The minimum absolute atomic E-state index is 0.103. The molecule has 0 saturated heterocycles. The van der Waals surface area contributed by atoms with E-state index in [1.165, 1.54) is 0 Å². The van der Waals surface area contributed by atoms with Gasteiger partial charge in [0.2, 0.25) is 0 Å². The van der Waals surface area contributed by atoms with Crippen LogP contribution in [0, 0.1) is 0 Å². The molecule has 2 aromatic rings. The highest BCUT2D eigenvalue weighted by molar-refractivity contribution is 6.32. The lowest BCUT2D eigenvalue weighted by Gasteiger charge is -2.26. The summed E-state index contributed by atoms with van der Waals surface area (Å²) in [4.78, 5) is 11.8. The Morgan fingerprint density at radius 1 is 1.17 bits per heavy atom. The number of para-hydroxylation sites is 3. The molecule has 1 heterocycles. The Morgan fingerprint density at radius 2 is 1.91 bits per heavy atom. The molecule has 120 valence electrons. The van der Waals surface area contributed by atoms with E-state index in [0.717, 1.165) is 5.75 Å². The Balaban J connectivity index is 1.44. The number of carbonyl (C=O) groups excluding carboxylic acids is 1. The van der Waals surface area contributed by atoms with Crippen LogP contribution in [0.4, 0.5) is 0 Å². The second kappa shape index (κ2) is 7.24. The average molecular weight is 334 g/mol. The maximum atomic E-state index is 11.8. The minimum atomic E-state index is -0.243. The SMILES string of the molecule is O=C(COc1ccccc1Cl)NC[C@@H]1COc2ccccc2O1. The molecule has 0 aliphatic carbocycles. The molecule has 0 radical (unpaired) electrons. The van der Waals surface area contributed by atoms with Gasteiger partial charge >= 0.3 is 0 Å². The maximum Gasteiger partial charge on any atom is 0.258 e. The number of benzene rings is 2. The molecule has 5 nitrogen and oxygen atoms in total. The summed E-state index contributed by atoms with van der Waals surface area (Å²) < 4.78 is 16.7. The minimum Gasteiger partial charge on any atom is -0.486 e. The molecule has 1 amide bonds. The van der Waals surface area contributed by atoms with Crippen molar-refractivity contribution < 1.29 is 19.0 Å². The fourth-order valence-electron chi connectivity index (χ4n) is 2.15. The van der Waals surface area contributed by atoms with Gasteiger partial charge in [-0.15, -0.1) is 0 Å². The molecule has 0 fully saturated rings. The molecule has 1 atom stereocenters. The highest BCUT2D eigenvalue weighted by Crippen LogP contribution is 2.30. The van der Waals surface area contributed by atoms with E-state index in [-0.39, 0.29) is 18.6 Å². The molecule has 0 saturated carbocycles. The van der Waals surface area contributed by atoms with E-state index >= 15 is 0 Å². The van der Waals surface area contributed by atoms with Crippen LogP contribution in [0.3, 0.4) is 0 Å². The van der Waals surface area contributed by atoms with Gasteiger partial charge in [0.15, 0.2) is 18.1 Å². The largest absolute Gasteiger partial charge is 0.486 e. The van der Waals surface area contributed by atoms with Crippen LogP contribution < -0.4 is 19.5 Å². The van der Waals surface area contributed by atoms with Crippen molar-refractivity contribution in [3.63, 3.8) is 0 Å². The summed E-state index contributed by atoms with van der Waals surface area (Å²) in [5.74, 6) is 1.64. The van der Waals surface area contributed by atoms with E-state index < -0.39 is 0 Å². The van der Waals surface area contributed by atoms with Gasteiger partial charge in [0, 0.05) is 0 Å². The summed E-state index contributed by atoms with van der Waals surface area (Å²) in [5.41, 5.74) is 0. The third-order valence-electron chi connectivity index (χ3n) is 3.29. The van der Waals surface area contributed by atoms with E-state index in [9.17, 15) is 4.79 Å². The lowest BCUT2D eigenvalue weighted by Crippen LogP contribution is -2.42. The van der Waals surface area contributed by atoms with Crippen molar-refractivity contribution >= 4 is 17.5 Å². The second-order valence-electron chi connectivity index (χ2n) is 5.02. The Labute approximate surface area is 139 Å². The number of halogens is 1. The Kier molecular flexibility index (Phi) is 4.88. The molecular formula is C17H16ClNO4. The highest BCUT2D eigenvalue weighted by Gasteiger charge is 2.21. The molecule has 23 heavy (non-hydrogen) atoms. The van der Waals surface area contributed by atoms with Gasteiger partial charge in [0.1, 0.15) is 18.5 Å². The third-order valence-corrected chi connectivity index (χ3v) is 3.60.